The molecule has 0 aromatic rings. The number of epoxide rings is 1. The Morgan fingerprint density at radius 2 is 2.00 bits per heavy atom. The maximum atomic E-state index is 11.2. The lowest BCUT2D eigenvalue weighted by atomic mass is 10.3. The minimum atomic E-state index is -0.685. The molecule has 13 heavy (non-hydrogen) atoms. The summed E-state index contributed by atoms with van der Waals surface area (Å²) in [6, 6.07) is 0. The molecule has 1 saturated heterocycles. The highest BCUT2D eigenvalue weighted by atomic mass is 16.6. The third-order valence-electron chi connectivity index (χ3n) is 1.69. The van der Waals surface area contributed by atoms with Crippen LogP contribution in [-0.4, -0.2) is 49.7 Å². The first-order chi connectivity index (χ1) is 6.07. The van der Waals surface area contributed by atoms with Crippen LogP contribution in [0.2, 0.25) is 0 Å². The van der Waals surface area contributed by atoms with Gasteiger partial charge in [-0.3, -0.25) is 4.79 Å². The van der Waals surface area contributed by atoms with Crippen molar-refractivity contribution in [3.63, 3.8) is 0 Å². The number of hydrogen-bond acceptors (Lipinski definition) is 4. The second kappa shape index (κ2) is 3.74. The molecule has 1 heterocycles. The van der Waals surface area contributed by atoms with Gasteiger partial charge in [-0.2, -0.15) is 0 Å². The molecule has 74 valence electrons. The van der Waals surface area contributed by atoms with Gasteiger partial charge < -0.3 is 14.4 Å². The molecule has 0 aromatic heterocycles. The molecule has 0 spiro atoms. The Morgan fingerprint density at radius 1 is 1.38 bits per heavy atom. The van der Waals surface area contributed by atoms with Crippen LogP contribution in [-0.2, 0) is 19.1 Å². The maximum absolute atomic E-state index is 11.2. The molecule has 2 unspecified atom stereocenters. The van der Waals surface area contributed by atoms with Gasteiger partial charge in [0, 0.05) is 14.1 Å². The van der Waals surface area contributed by atoms with Crippen molar-refractivity contribution in [1.29, 1.82) is 0 Å². The molecule has 1 aliphatic rings. The van der Waals surface area contributed by atoms with Gasteiger partial charge in [-0.15, -0.1) is 0 Å². The quantitative estimate of drug-likeness (QED) is 0.437. The summed E-state index contributed by atoms with van der Waals surface area (Å²) in [7, 11) is 3.23. The van der Waals surface area contributed by atoms with Gasteiger partial charge in [-0.25, -0.2) is 4.79 Å². The van der Waals surface area contributed by atoms with E-state index < -0.39 is 18.2 Å². The van der Waals surface area contributed by atoms with E-state index >= 15 is 0 Å². The topological polar surface area (TPSA) is 59.1 Å². The van der Waals surface area contributed by atoms with E-state index in [2.05, 4.69) is 0 Å². The molecule has 5 heteroatoms. The fourth-order valence-electron chi connectivity index (χ4n) is 0.958. The molecule has 0 bridgehead atoms. The van der Waals surface area contributed by atoms with Crippen molar-refractivity contribution in [2.75, 3.05) is 20.7 Å². The minimum absolute atomic E-state index is 0.196. The van der Waals surface area contributed by atoms with Crippen LogP contribution in [0.5, 0.6) is 0 Å². The minimum Gasteiger partial charge on any atom is -0.464 e. The number of nitrogens with zero attached hydrogens (tertiary/aromatic N) is 1. The Balaban J connectivity index is 2.37. The standard InChI is InChI=1S/C8H13NO4/c1-4-12-8(11)6-5(13-6)7(10)9(2)3/h5-6H,4H2,1-3H3. The summed E-state index contributed by atoms with van der Waals surface area (Å²) >= 11 is 0. The average molecular weight is 187 g/mol. The van der Waals surface area contributed by atoms with Gasteiger partial charge in [0.2, 0.25) is 0 Å². The third-order valence-corrected chi connectivity index (χ3v) is 1.69. The zero-order valence-corrected chi connectivity index (χ0v) is 7.94. The highest BCUT2D eigenvalue weighted by Crippen LogP contribution is 2.24. The molecule has 5 nitrogen and oxygen atoms in total. The highest BCUT2D eigenvalue weighted by Gasteiger charge is 2.52. The average Bonchev–Trinajstić information content (AvgIpc) is 2.82. The van der Waals surface area contributed by atoms with E-state index in [0.29, 0.717) is 6.61 Å². The molecule has 0 saturated carbocycles. The first kappa shape index (κ1) is 9.98. The number of ether oxygens (including phenoxy) is 2. The number of carbonyl (C=O) groups excluding carboxylic acids is 2. The van der Waals surface area contributed by atoms with E-state index in [1.165, 1.54) is 4.90 Å². The van der Waals surface area contributed by atoms with Crippen LogP contribution < -0.4 is 0 Å². The van der Waals surface area contributed by atoms with Gasteiger partial charge in [0.1, 0.15) is 0 Å². The van der Waals surface area contributed by atoms with Crippen molar-refractivity contribution in [1.82, 2.24) is 4.90 Å². The second-order valence-electron chi connectivity index (χ2n) is 2.96. The van der Waals surface area contributed by atoms with Crippen molar-refractivity contribution < 1.29 is 19.1 Å². The Hall–Kier alpha value is -1.10. The summed E-state index contributed by atoms with van der Waals surface area (Å²) < 4.78 is 9.58. The molecule has 1 rings (SSSR count). The molecule has 0 N–H and O–H groups in total. The van der Waals surface area contributed by atoms with E-state index in [9.17, 15) is 9.59 Å². The third kappa shape index (κ3) is 2.18. The molecule has 1 fully saturated rings. The fourth-order valence-corrected chi connectivity index (χ4v) is 0.958. The smallest absolute Gasteiger partial charge is 0.338 e. The van der Waals surface area contributed by atoms with Crippen LogP contribution in [0.3, 0.4) is 0 Å². The highest BCUT2D eigenvalue weighted by molar-refractivity contribution is 5.92. The van der Waals surface area contributed by atoms with Gasteiger partial charge in [0.15, 0.2) is 12.2 Å². The molecule has 2 atom stereocenters. The molecule has 0 radical (unpaired) electrons. The van der Waals surface area contributed by atoms with Crippen LogP contribution in [0.15, 0.2) is 0 Å². The predicted octanol–water partition coefficient (Wildman–Crippen LogP) is -0.595. The van der Waals surface area contributed by atoms with Crippen LogP contribution >= 0.6 is 0 Å². The van der Waals surface area contributed by atoms with Crippen LogP contribution in [0, 0.1) is 0 Å². The van der Waals surface area contributed by atoms with Crippen molar-refractivity contribution >= 4 is 11.9 Å². The molecular formula is C8H13NO4. The van der Waals surface area contributed by atoms with Gasteiger partial charge in [-0.05, 0) is 6.92 Å². The fraction of sp³-hybridized carbons (Fsp3) is 0.750. The number of carbonyl (C=O) groups is 2. The Morgan fingerprint density at radius 3 is 2.46 bits per heavy atom. The van der Waals surface area contributed by atoms with Gasteiger partial charge >= 0.3 is 5.97 Å². The predicted molar refractivity (Wildman–Crippen MR) is 44.0 cm³/mol. The zero-order valence-electron chi connectivity index (χ0n) is 7.94. The largest absolute Gasteiger partial charge is 0.464 e. The summed E-state index contributed by atoms with van der Waals surface area (Å²) in [5, 5.41) is 0. The summed E-state index contributed by atoms with van der Waals surface area (Å²) in [6.45, 7) is 2.02. The van der Waals surface area contributed by atoms with E-state index in [1.807, 2.05) is 0 Å². The van der Waals surface area contributed by atoms with E-state index in [-0.39, 0.29) is 5.91 Å². The molecule has 1 amide bonds. The van der Waals surface area contributed by atoms with Gasteiger partial charge in [0.05, 0.1) is 6.61 Å². The lowest BCUT2D eigenvalue weighted by molar-refractivity contribution is -0.144. The summed E-state index contributed by atoms with van der Waals surface area (Å²) in [4.78, 5) is 23.6. The SMILES string of the molecule is CCOC(=O)C1OC1C(=O)N(C)C. The summed E-state index contributed by atoms with van der Waals surface area (Å²) in [5.41, 5.74) is 0. The first-order valence-electron chi connectivity index (χ1n) is 4.11. The monoisotopic (exact) mass is 187 g/mol. The number of rotatable bonds is 3. The van der Waals surface area contributed by atoms with E-state index in [4.69, 9.17) is 9.47 Å². The summed E-state index contributed by atoms with van der Waals surface area (Å²) in [6.07, 6.45) is -1.32. The maximum Gasteiger partial charge on any atom is 0.338 e. The van der Waals surface area contributed by atoms with E-state index in [0.717, 1.165) is 0 Å². The van der Waals surface area contributed by atoms with Gasteiger partial charge in [-0.1, -0.05) is 0 Å². The Kier molecular flexibility index (Phi) is 2.87. The van der Waals surface area contributed by atoms with E-state index in [1.54, 1.807) is 21.0 Å². The molecule has 1 aliphatic heterocycles. The summed E-state index contributed by atoms with van der Waals surface area (Å²) in [5.74, 6) is -0.652. The second-order valence-corrected chi connectivity index (χ2v) is 2.96. The Labute approximate surface area is 76.6 Å². The van der Waals surface area contributed by atoms with Crippen molar-refractivity contribution in [2.45, 2.75) is 19.1 Å². The lowest BCUT2D eigenvalue weighted by Gasteiger charge is -2.06. The molecule has 0 aliphatic carbocycles. The van der Waals surface area contributed by atoms with Crippen LogP contribution in [0.4, 0.5) is 0 Å². The first-order valence-corrected chi connectivity index (χ1v) is 4.11. The van der Waals surface area contributed by atoms with Crippen molar-refractivity contribution in [3.8, 4) is 0 Å². The Bertz CT molecular complexity index is 226. The number of esters is 1. The lowest BCUT2D eigenvalue weighted by Crippen LogP contribution is -2.29. The normalized spacial score (nSPS) is 25.2. The van der Waals surface area contributed by atoms with Crippen LogP contribution in [0.25, 0.3) is 0 Å². The van der Waals surface area contributed by atoms with Crippen molar-refractivity contribution in [3.05, 3.63) is 0 Å². The van der Waals surface area contributed by atoms with Crippen molar-refractivity contribution in [2.24, 2.45) is 0 Å². The molecular weight excluding hydrogens is 174 g/mol. The molecule has 0 aromatic carbocycles. The van der Waals surface area contributed by atoms with Crippen LogP contribution in [0.1, 0.15) is 6.92 Å². The zero-order chi connectivity index (χ0) is 10.0. The number of hydrogen-bond donors (Lipinski definition) is 0. The number of amides is 1. The van der Waals surface area contributed by atoms with Gasteiger partial charge in [0.25, 0.3) is 5.91 Å². The number of likely N-dealkylation sites (N-methyl/N-ethyl adjacent to an activating group) is 1.